The maximum Gasteiger partial charge on any atom is 0.305 e. The van der Waals surface area contributed by atoms with Gasteiger partial charge in [0.25, 0.3) is 0 Å². The van der Waals surface area contributed by atoms with Crippen LogP contribution in [0.2, 0.25) is 0 Å². The molecule has 0 N–H and O–H groups in total. The molecule has 0 aliphatic rings. The largest absolute Gasteiger partial charge is 0.494 e. The molecular weight excluding hydrogens is 270 g/mol. The van der Waals surface area contributed by atoms with Crippen molar-refractivity contribution in [2.75, 3.05) is 14.2 Å². The Hall–Kier alpha value is -1.98. The second kappa shape index (κ2) is 7.57. The molecule has 1 rings (SSSR count). The smallest absolute Gasteiger partial charge is 0.305 e. The van der Waals surface area contributed by atoms with Gasteiger partial charge in [0.2, 0.25) is 5.82 Å². The van der Waals surface area contributed by atoms with Gasteiger partial charge < -0.3 is 9.47 Å². The number of halogens is 2. The van der Waals surface area contributed by atoms with Gasteiger partial charge in [-0.2, -0.15) is 4.39 Å². The zero-order valence-electron chi connectivity index (χ0n) is 11.4. The Morgan fingerprint density at radius 2 is 1.75 bits per heavy atom. The van der Waals surface area contributed by atoms with E-state index >= 15 is 0 Å². The Labute approximate surface area is 115 Å². The van der Waals surface area contributed by atoms with Crippen LogP contribution in [0, 0.1) is 11.6 Å². The lowest BCUT2D eigenvalue weighted by Gasteiger charge is -2.06. The van der Waals surface area contributed by atoms with Crippen molar-refractivity contribution in [1.82, 2.24) is 0 Å². The van der Waals surface area contributed by atoms with Crippen LogP contribution in [-0.4, -0.2) is 26.0 Å². The molecule has 20 heavy (non-hydrogen) atoms. The minimum absolute atomic E-state index is 0.0545. The summed E-state index contributed by atoms with van der Waals surface area (Å²) in [7, 11) is 2.49. The lowest BCUT2D eigenvalue weighted by atomic mass is 10.0. The van der Waals surface area contributed by atoms with E-state index < -0.39 is 11.6 Å². The molecule has 0 aliphatic carbocycles. The highest BCUT2D eigenvalue weighted by Gasteiger charge is 2.15. The van der Waals surface area contributed by atoms with Crippen molar-refractivity contribution in [3.63, 3.8) is 0 Å². The number of hydrogen-bond donors (Lipinski definition) is 0. The van der Waals surface area contributed by atoms with Crippen LogP contribution in [0.1, 0.15) is 36.0 Å². The van der Waals surface area contributed by atoms with E-state index in [4.69, 9.17) is 0 Å². The highest BCUT2D eigenvalue weighted by Crippen LogP contribution is 2.23. The lowest BCUT2D eigenvalue weighted by molar-refractivity contribution is -0.140. The summed E-state index contributed by atoms with van der Waals surface area (Å²) in [5.74, 6) is -3.21. The molecule has 1 aromatic rings. The van der Waals surface area contributed by atoms with Crippen molar-refractivity contribution < 1.29 is 27.8 Å². The Morgan fingerprint density at radius 1 is 1.10 bits per heavy atom. The highest BCUT2D eigenvalue weighted by atomic mass is 19.2. The Kier molecular flexibility index (Phi) is 6.09. The molecule has 0 unspecified atom stereocenters. The summed E-state index contributed by atoms with van der Waals surface area (Å²) in [6.07, 6.45) is 1.34. The van der Waals surface area contributed by atoms with Crippen molar-refractivity contribution in [1.29, 1.82) is 0 Å². The molecule has 0 atom stereocenters. The molecule has 0 saturated heterocycles. The standard InChI is InChI=1S/C14H16F2O4/c1-19-12-8-9(7-10(15)14(12)16)11(17)5-3-4-6-13(18)20-2/h7-8H,3-6H2,1-2H3. The molecular formula is C14H16F2O4. The third-order valence-corrected chi connectivity index (χ3v) is 2.80. The molecule has 0 aromatic heterocycles. The Bertz CT molecular complexity index is 500. The zero-order chi connectivity index (χ0) is 15.1. The van der Waals surface area contributed by atoms with Crippen LogP contribution in [0.3, 0.4) is 0 Å². The van der Waals surface area contributed by atoms with Crippen LogP contribution in [0.25, 0.3) is 0 Å². The van der Waals surface area contributed by atoms with Gasteiger partial charge >= 0.3 is 5.97 Å². The fourth-order valence-electron chi connectivity index (χ4n) is 1.67. The molecule has 0 fully saturated rings. The normalized spacial score (nSPS) is 10.2. The molecule has 4 nitrogen and oxygen atoms in total. The first-order valence-electron chi connectivity index (χ1n) is 6.12. The van der Waals surface area contributed by atoms with E-state index in [2.05, 4.69) is 9.47 Å². The number of rotatable bonds is 7. The molecule has 0 radical (unpaired) electrons. The molecule has 1 aromatic carbocycles. The summed E-state index contributed by atoms with van der Waals surface area (Å²) in [5.41, 5.74) is 0.0545. The van der Waals surface area contributed by atoms with Gasteiger partial charge in [0.05, 0.1) is 14.2 Å². The van der Waals surface area contributed by atoms with Crippen LogP contribution >= 0.6 is 0 Å². The van der Waals surface area contributed by atoms with E-state index in [1.165, 1.54) is 20.3 Å². The van der Waals surface area contributed by atoms with Crippen molar-refractivity contribution in [2.24, 2.45) is 0 Å². The summed E-state index contributed by atoms with van der Waals surface area (Å²) in [5, 5.41) is 0. The number of unbranched alkanes of at least 4 members (excludes halogenated alkanes) is 1. The molecule has 110 valence electrons. The Balaban J connectivity index is 2.60. The first-order chi connectivity index (χ1) is 9.49. The topological polar surface area (TPSA) is 52.6 Å². The van der Waals surface area contributed by atoms with Gasteiger partial charge in [-0.25, -0.2) is 4.39 Å². The minimum atomic E-state index is -1.12. The van der Waals surface area contributed by atoms with E-state index in [0.29, 0.717) is 12.8 Å². The van der Waals surface area contributed by atoms with E-state index in [9.17, 15) is 18.4 Å². The van der Waals surface area contributed by atoms with E-state index in [1.807, 2.05) is 0 Å². The number of Topliss-reactive ketones (excluding diaryl/α,β-unsaturated/α-hetero) is 1. The van der Waals surface area contributed by atoms with E-state index in [-0.39, 0.29) is 35.9 Å². The summed E-state index contributed by atoms with van der Waals surface area (Å²) in [6.45, 7) is 0. The predicted octanol–water partition coefficient (Wildman–Crippen LogP) is 2.89. The van der Waals surface area contributed by atoms with Crippen LogP contribution in [0.4, 0.5) is 8.78 Å². The average molecular weight is 286 g/mol. The van der Waals surface area contributed by atoms with Crippen LogP contribution < -0.4 is 4.74 Å². The SMILES string of the molecule is COC(=O)CCCCC(=O)c1cc(F)c(F)c(OC)c1. The first-order valence-corrected chi connectivity index (χ1v) is 6.12. The van der Waals surface area contributed by atoms with Crippen molar-refractivity contribution in [3.8, 4) is 5.75 Å². The van der Waals surface area contributed by atoms with Gasteiger partial charge in [-0.3, -0.25) is 9.59 Å². The van der Waals surface area contributed by atoms with Gasteiger partial charge in [-0.05, 0) is 25.0 Å². The average Bonchev–Trinajstić information content (AvgIpc) is 2.45. The lowest BCUT2D eigenvalue weighted by Crippen LogP contribution is -2.04. The van der Waals surface area contributed by atoms with Gasteiger partial charge in [-0.15, -0.1) is 0 Å². The monoisotopic (exact) mass is 286 g/mol. The molecule has 0 aliphatic heterocycles. The maximum atomic E-state index is 13.3. The number of ketones is 1. The summed E-state index contributed by atoms with van der Waals surface area (Å²) < 4.78 is 35.6. The molecule has 0 amide bonds. The molecule has 0 spiro atoms. The van der Waals surface area contributed by atoms with Crippen LogP contribution in [0.15, 0.2) is 12.1 Å². The minimum Gasteiger partial charge on any atom is -0.494 e. The predicted molar refractivity (Wildman–Crippen MR) is 67.7 cm³/mol. The zero-order valence-corrected chi connectivity index (χ0v) is 11.4. The number of carbonyl (C=O) groups is 2. The summed E-state index contributed by atoms with van der Waals surface area (Å²) in [4.78, 5) is 22.7. The van der Waals surface area contributed by atoms with E-state index in [1.54, 1.807) is 0 Å². The van der Waals surface area contributed by atoms with Gasteiger partial charge in [0.1, 0.15) is 0 Å². The third-order valence-electron chi connectivity index (χ3n) is 2.80. The second-order valence-electron chi connectivity index (χ2n) is 4.18. The molecule has 0 saturated carbocycles. The van der Waals surface area contributed by atoms with Crippen LogP contribution in [0.5, 0.6) is 5.75 Å². The van der Waals surface area contributed by atoms with Crippen molar-refractivity contribution in [2.45, 2.75) is 25.7 Å². The number of hydrogen-bond acceptors (Lipinski definition) is 4. The second-order valence-corrected chi connectivity index (χ2v) is 4.18. The summed E-state index contributed by atoms with van der Waals surface area (Å²) >= 11 is 0. The maximum absolute atomic E-state index is 13.3. The van der Waals surface area contributed by atoms with Crippen molar-refractivity contribution >= 4 is 11.8 Å². The highest BCUT2D eigenvalue weighted by molar-refractivity contribution is 5.96. The van der Waals surface area contributed by atoms with E-state index in [0.717, 1.165) is 6.07 Å². The van der Waals surface area contributed by atoms with Crippen molar-refractivity contribution in [3.05, 3.63) is 29.3 Å². The molecule has 0 heterocycles. The number of esters is 1. The fraction of sp³-hybridized carbons (Fsp3) is 0.429. The summed E-state index contributed by atoms with van der Waals surface area (Å²) in [6, 6.07) is 2.02. The third kappa shape index (κ3) is 4.29. The first kappa shape index (κ1) is 16.1. The van der Waals surface area contributed by atoms with Gasteiger partial charge in [0.15, 0.2) is 17.3 Å². The quantitative estimate of drug-likeness (QED) is 0.439. The molecule has 6 heteroatoms. The number of ether oxygens (including phenoxy) is 2. The number of benzene rings is 1. The number of carbonyl (C=O) groups excluding carboxylic acids is 2. The Morgan fingerprint density at radius 3 is 2.35 bits per heavy atom. The van der Waals surface area contributed by atoms with Gasteiger partial charge in [0, 0.05) is 18.4 Å². The number of methoxy groups -OCH3 is 2. The fourth-order valence-corrected chi connectivity index (χ4v) is 1.67. The van der Waals surface area contributed by atoms with Crippen LogP contribution in [-0.2, 0) is 9.53 Å². The molecule has 0 bridgehead atoms. The van der Waals surface area contributed by atoms with Gasteiger partial charge in [-0.1, -0.05) is 0 Å².